The van der Waals surface area contributed by atoms with Crippen LogP contribution in [0.5, 0.6) is 0 Å². The number of benzene rings is 1. The minimum absolute atomic E-state index is 0.0480. The molecule has 0 saturated heterocycles. The number of amides is 1. The van der Waals surface area contributed by atoms with E-state index in [1.807, 2.05) is 6.92 Å². The van der Waals surface area contributed by atoms with Crippen LogP contribution in [0.3, 0.4) is 0 Å². The van der Waals surface area contributed by atoms with Crippen molar-refractivity contribution in [3.8, 4) is 0 Å². The third-order valence-electron chi connectivity index (χ3n) is 3.62. The molecule has 1 aliphatic carbocycles. The van der Waals surface area contributed by atoms with Crippen molar-refractivity contribution in [2.24, 2.45) is 0 Å². The minimum atomic E-state index is 0.0480. The van der Waals surface area contributed by atoms with E-state index in [9.17, 15) is 4.79 Å². The van der Waals surface area contributed by atoms with Crippen molar-refractivity contribution in [2.75, 3.05) is 5.75 Å². The highest BCUT2D eigenvalue weighted by Crippen LogP contribution is 2.21. The lowest BCUT2D eigenvalue weighted by molar-refractivity contribution is -0.119. The van der Waals surface area contributed by atoms with Crippen molar-refractivity contribution in [3.05, 3.63) is 41.2 Å². The summed E-state index contributed by atoms with van der Waals surface area (Å²) in [6.07, 6.45) is 2.97. The lowest BCUT2D eigenvalue weighted by atomic mass is 9.88. The molecule has 1 amide bonds. The molecule has 1 aliphatic rings. The maximum Gasteiger partial charge on any atom is 0.230 e. The summed E-state index contributed by atoms with van der Waals surface area (Å²) in [4.78, 5) is 16.2. The van der Waals surface area contributed by atoms with Gasteiger partial charge in [-0.1, -0.05) is 36.0 Å². The minimum Gasteiger partial charge on any atom is -0.352 e. The van der Waals surface area contributed by atoms with Crippen molar-refractivity contribution < 1.29 is 4.79 Å². The highest BCUT2D eigenvalue weighted by Gasteiger charge is 2.19. The maximum absolute atomic E-state index is 12.0. The molecule has 2 aromatic rings. The Morgan fingerprint density at radius 1 is 1.43 bits per heavy atom. The second kappa shape index (κ2) is 6.30. The normalized spacial score (nSPS) is 17.3. The van der Waals surface area contributed by atoms with E-state index in [0.29, 0.717) is 10.9 Å². The number of aryl methyl sites for hydroxylation is 2. The lowest BCUT2D eigenvalue weighted by Gasteiger charge is -2.25. The summed E-state index contributed by atoms with van der Waals surface area (Å²) in [6.45, 7) is 1.84. The molecule has 0 unspecified atom stereocenters. The van der Waals surface area contributed by atoms with Crippen LogP contribution >= 0.6 is 11.8 Å². The summed E-state index contributed by atoms with van der Waals surface area (Å²) in [5.41, 5.74) is 2.76. The highest BCUT2D eigenvalue weighted by molar-refractivity contribution is 7.99. The van der Waals surface area contributed by atoms with Gasteiger partial charge in [-0.3, -0.25) is 9.89 Å². The number of carbonyl (C=O) groups excluding carboxylic acids is 1. The van der Waals surface area contributed by atoms with Crippen LogP contribution in [0, 0.1) is 6.92 Å². The van der Waals surface area contributed by atoms with Crippen molar-refractivity contribution in [3.63, 3.8) is 0 Å². The summed E-state index contributed by atoms with van der Waals surface area (Å²) in [7, 11) is 0. The molecule has 1 aromatic carbocycles. The third-order valence-corrected chi connectivity index (χ3v) is 4.47. The number of H-pyrrole nitrogens is 1. The van der Waals surface area contributed by atoms with Crippen LogP contribution in [-0.4, -0.2) is 32.9 Å². The van der Waals surface area contributed by atoms with E-state index in [1.165, 1.54) is 22.9 Å². The molecule has 0 fully saturated rings. The van der Waals surface area contributed by atoms with Gasteiger partial charge < -0.3 is 5.32 Å². The third kappa shape index (κ3) is 3.64. The predicted molar refractivity (Wildman–Crippen MR) is 82.2 cm³/mol. The predicted octanol–water partition coefficient (Wildman–Crippen LogP) is 1.88. The van der Waals surface area contributed by atoms with Gasteiger partial charge in [0.25, 0.3) is 0 Å². The zero-order valence-electron chi connectivity index (χ0n) is 11.9. The first kappa shape index (κ1) is 14.1. The Labute approximate surface area is 127 Å². The van der Waals surface area contributed by atoms with E-state index in [-0.39, 0.29) is 11.9 Å². The van der Waals surface area contributed by atoms with Gasteiger partial charge in [-0.2, -0.15) is 0 Å². The van der Waals surface area contributed by atoms with Gasteiger partial charge in [-0.05, 0) is 37.3 Å². The zero-order chi connectivity index (χ0) is 14.7. The van der Waals surface area contributed by atoms with E-state index < -0.39 is 0 Å². The van der Waals surface area contributed by atoms with Crippen molar-refractivity contribution >= 4 is 17.7 Å². The smallest absolute Gasteiger partial charge is 0.230 e. The van der Waals surface area contributed by atoms with Crippen LogP contribution in [0.25, 0.3) is 0 Å². The van der Waals surface area contributed by atoms with Crippen LogP contribution in [0.2, 0.25) is 0 Å². The van der Waals surface area contributed by atoms with Gasteiger partial charge >= 0.3 is 0 Å². The van der Waals surface area contributed by atoms with Gasteiger partial charge in [-0.25, -0.2) is 4.98 Å². The standard InChI is InChI=1S/C15H18N4OS/c1-10-16-15(19-18-10)21-9-14(20)17-13-7-6-11-4-2-3-5-12(11)8-13/h2-5,13H,6-9H2,1H3,(H,17,20)(H,16,18,19)/t13-/m1/s1. The highest BCUT2D eigenvalue weighted by atomic mass is 32.2. The molecule has 2 N–H and O–H groups in total. The van der Waals surface area contributed by atoms with Gasteiger partial charge in [0.1, 0.15) is 5.82 Å². The Hall–Kier alpha value is -1.82. The number of hydrogen-bond acceptors (Lipinski definition) is 4. The molecular formula is C15H18N4OS. The number of thioether (sulfide) groups is 1. The molecule has 110 valence electrons. The van der Waals surface area contributed by atoms with Crippen LogP contribution in [0.15, 0.2) is 29.4 Å². The van der Waals surface area contributed by atoms with E-state index in [0.717, 1.165) is 25.1 Å². The second-order valence-electron chi connectivity index (χ2n) is 5.27. The fourth-order valence-electron chi connectivity index (χ4n) is 2.61. The fraction of sp³-hybridized carbons (Fsp3) is 0.400. The Morgan fingerprint density at radius 2 is 2.24 bits per heavy atom. The molecule has 0 saturated carbocycles. The summed E-state index contributed by atoms with van der Waals surface area (Å²) in [5.74, 6) is 1.17. The lowest BCUT2D eigenvalue weighted by Crippen LogP contribution is -2.39. The van der Waals surface area contributed by atoms with Crippen molar-refractivity contribution in [2.45, 2.75) is 37.4 Å². The molecule has 5 nitrogen and oxygen atoms in total. The number of nitrogens with zero attached hydrogens (tertiary/aromatic N) is 2. The Balaban J connectivity index is 1.50. The molecular weight excluding hydrogens is 284 g/mol. The summed E-state index contributed by atoms with van der Waals surface area (Å²) in [6, 6.07) is 8.70. The summed E-state index contributed by atoms with van der Waals surface area (Å²) in [5, 5.41) is 10.5. The fourth-order valence-corrected chi connectivity index (χ4v) is 3.26. The Bertz CT molecular complexity index is 640. The van der Waals surface area contributed by atoms with E-state index in [1.54, 1.807) is 0 Å². The van der Waals surface area contributed by atoms with Gasteiger partial charge in [0.2, 0.25) is 11.1 Å². The molecule has 0 spiro atoms. The number of aromatic amines is 1. The number of rotatable bonds is 4. The van der Waals surface area contributed by atoms with Gasteiger partial charge in [0.05, 0.1) is 5.75 Å². The first-order chi connectivity index (χ1) is 10.2. The van der Waals surface area contributed by atoms with Crippen LogP contribution in [0.4, 0.5) is 0 Å². The van der Waals surface area contributed by atoms with Crippen LogP contribution < -0.4 is 5.32 Å². The van der Waals surface area contributed by atoms with Gasteiger partial charge in [0, 0.05) is 6.04 Å². The quantitative estimate of drug-likeness (QED) is 0.846. The molecule has 1 heterocycles. The second-order valence-corrected chi connectivity index (χ2v) is 6.21. The van der Waals surface area contributed by atoms with Crippen molar-refractivity contribution in [1.82, 2.24) is 20.5 Å². The first-order valence-electron chi connectivity index (χ1n) is 7.08. The molecule has 1 aromatic heterocycles. The maximum atomic E-state index is 12.0. The number of hydrogen-bond donors (Lipinski definition) is 2. The Morgan fingerprint density at radius 3 is 3.00 bits per heavy atom. The van der Waals surface area contributed by atoms with Crippen LogP contribution in [0.1, 0.15) is 23.4 Å². The molecule has 0 bridgehead atoms. The van der Waals surface area contributed by atoms with Crippen LogP contribution in [-0.2, 0) is 17.6 Å². The number of aromatic nitrogens is 3. The molecule has 0 radical (unpaired) electrons. The average molecular weight is 302 g/mol. The zero-order valence-corrected chi connectivity index (χ0v) is 12.7. The molecule has 3 rings (SSSR count). The monoisotopic (exact) mass is 302 g/mol. The van der Waals surface area contributed by atoms with Crippen molar-refractivity contribution in [1.29, 1.82) is 0 Å². The topological polar surface area (TPSA) is 70.7 Å². The SMILES string of the molecule is Cc1nc(SCC(=O)N[C@@H]2CCc3ccccc3C2)n[nH]1. The van der Waals surface area contributed by atoms with Gasteiger partial charge in [-0.15, -0.1) is 5.10 Å². The first-order valence-corrected chi connectivity index (χ1v) is 8.07. The molecule has 0 aliphatic heterocycles. The summed E-state index contributed by atoms with van der Waals surface area (Å²) >= 11 is 1.36. The molecule has 6 heteroatoms. The van der Waals surface area contributed by atoms with Gasteiger partial charge in [0.15, 0.2) is 0 Å². The van der Waals surface area contributed by atoms with E-state index in [2.05, 4.69) is 44.8 Å². The Kier molecular flexibility index (Phi) is 4.24. The largest absolute Gasteiger partial charge is 0.352 e. The average Bonchev–Trinajstić information content (AvgIpc) is 2.91. The van der Waals surface area contributed by atoms with E-state index >= 15 is 0 Å². The molecule has 21 heavy (non-hydrogen) atoms. The number of nitrogens with one attached hydrogen (secondary N) is 2. The summed E-state index contributed by atoms with van der Waals surface area (Å²) < 4.78 is 0. The number of carbonyl (C=O) groups is 1. The number of fused-ring (bicyclic) bond motifs is 1. The van der Waals surface area contributed by atoms with E-state index in [4.69, 9.17) is 0 Å². The molecule has 1 atom stereocenters.